The number of carbonyl (C=O) groups is 4. The van der Waals surface area contributed by atoms with Gasteiger partial charge in [0.05, 0.1) is 19.0 Å². The third kappa shape index (κ3) is 8.69. The molecule has 0 aliphatic heterocycles. The van der Waals surface area contributed by atoms with E-state index in [4.69, 9.17) is 4.74 Å². The Kier molecular flexibility index (Phi) is 9.22. The SMILES string of the molecule is CC(C)NC(=O)CNC(=O)COC(=O)C[C@@H](NC(=O)c1ccccc1)c1ccccc1. The van der Waals surface area contributed by atoms with Gasteiger partial charge in [0, 0.05) is 11.6 Å². The van der Waals surface area contributed by atoms with Gasteiger partial charge in [0.1, 0.15) is 0 Å². The van der Waals surface area contributed by atoms with Crippen LogP contribution in [0, 0.1) is 0 Å². The van der Waals surface area contributed by atoms with Crippen molar-refractivity contribution in [2.24, 2.45) is 0 Å². The Morgan fingerprint density at radius 3 is 2.06 bits per heavy atom. The van der Waals surface area contributed by atoms with Gasteiger partial charge >= 0.3 is 5.97 Å². The molecule has 0 fully saturated rings. The van der Waals surface area contributed by atoms with Gasteiger partial charge < -0.3 is 20.7 Å². The Morgan fingerprint density at radius 2 is 1.45 bits per heavy atom. The van der Waals surface area contributed by atoms with Gasteiger partial charge in [0.2, 0.25) is 5.91 Å². The van der Waals surface area contributed by atoms with Crippen molar-refractivity contribution in [1.82, 2.24) is 16.0 Å². The molecule has 2 aromatic carbocycles. The third-order valence-corrected chi connectivity index (χ3v) is 4.17. The lowest BCUT2D eigenvalue weighted by atomic mass is 10.0. The first-order chi connectivity index (χ1) is 14.8. The van der Waals surface area contributed by atoms with Crippen LogP contribution in [0.25, 0.3) is 0 Å². The minimum absolute atomic E-state index is 0.0387. The van der Waals surface area contributed by atoms with Crippen molar-refractivity contribution in [2.45, 2.75) is 32.4 Å². The molecular weight excluding hydrogens is 398 g/mol. The Hall–Kier alpha value is -3.68. The van der Waals surface area contributed by atoms with Crippen LogP contribution in [0.1, 0.15) is 42.2 Å². The van der Waals surface area contributed by atoms with E-state index in [-0.39, 0.29) is 30.8 Å². The standard InChI is InChI=1S/C23H27N3O5/c1-16(2)25-20(27)14-24-21(28)15-31-22(29)13-19(17-9-5-3-6-10-17)26-23(30)18-11-7-4-8-12-18/h3-12,16,19H,13-15H2,1-2H3,(H,24,28)(H,25,27)(H,26,30)/t19-/m1/s1. The zero-order chi connectivity index (χ0) is 22.6. The summed E-state index contributed by atoms with van der Waals surface area (Å²) in [6.45, 7) is 2.90. The molecule has 31 heavy (non-hydrogen) atoms. The molecular formula is C23H27N3O5. The lowest BCUT2D eigenvalue weighted by Crippen LogP contribution is -2.41. The van der Waals surface area contributed by atoms with Crippen molar-refractivity contribution in [1.29, 1.82) is 0 Å². The first-order valence-corrected chi connectivity index (χ1v) is 9.97. The Labute approximate surface area is 181 Å². The Morgan fingerprint density at radius 1 is 0.839 bits per heavy atom. The maximum Gasteiger partial charge on any atom is 0.308 e. The maximum atomic E-state index is 12.5. The summed E-state index contributed by atoms with van der Waals surface area (Å²) in [4.78, 5) is 48.2. The van der Waals surface area contributed by atoms with E-state index < -0.39 is 24.5 Å². The van der Waals surface area contributed by atoms with Crippen LogP contribution in [0.3, 0.4) is 0 Å². The number of rotatable bonds is 10. The molecule has 0 saturated carbocycles. The van der Waals surface area contributed by atoms with Gasteiger partial charge in [-0.1, -0.05) is 48.5 Å². The molecule has 1 atom stereocenters. The van der Waals surface area contributed by atoms with Crippen molar-refractivity contribution >= 4 is 23.7 Å². The molecule has 0 unspecified atom stereocenters. The van der Waals surface area contributed by atoms with Crippen molar-refractivity contribution in [2.75, 3.05) is 13.2 Å². The second kappa shape index (κ2) is 12.1. The van der Waals surface area contributed by atoms with Gasteiger partial charge in [-0.3, -0.25) is 19.2 Å². The summed E-state index contributed by atoms with van der Waals surface area (Å²) in [5.41, 5.74) is 1.20. The van der Waals surface area contributed by atoms with Crippen molar-refractivity contribution < 1.29 is 23.9 Å². The second-order valence-corrected chi connectivity index (χ2v) is 7.17. The predicted octanol–water partition coefficient (Wildman–Crippen LogP) is 1.73. The molecule has 0 bridgehead atoms. The average Bonchev–Trinajstić information content (AvgIpc) is 2.76. The minimum Gasteiger partial charge on any atom is -0.456 e. The zero-order valence-electron chi connectivity index (χ0n) is 17.6. The van der Waals surface area contributed by atoms with Gasteiger partial charge in [-0.2, -0.15) is 0 Å². The maximum absolute atomic E-state index is 12.5. The van der Waals surface area contributed by atoms with Crippen LogP contribution in [0.15, 0.2) is 60.7 Å². The molecule has 0 heterocycles. The van der Waals surface area contributed by atoms with Crippen LogP contribution in [0.2, 0.25) is 0 Å². The van der Waals surface area contributed by atoms with Gasteiger partial charge in [0.15, 0.2) is 6.61 Å². The van der Waals surface area contributed by atoms with Crippen LogP contribution in [-0.2, 0) is 19.1 Å². The summed E-state index contributed by atoms with van der Waals surface area (Å²) in [7, 11) is 0. The first-order valence-electron chi connectivity index (χ1n) is 9.97. The molecule has 2 rings (SSSR count). The molecule has 0 radical (unpaired) electrons. The number of ether oxygens (including phenoxy) is 1. The number of benzene rings is 2. The fourth-order valence-electron chi connectivity index (χ4n) is 2.74. The number of esters is 1. The van der Waals surface area contributed by atoms with Gasteiger partial charge in [-0.25, -0.2) is 0 Å². The van der Waals surface area contributed by atoms with E-state index in [9.17, 15) is 19.2 Å². The summed E-state index contributed by atoms with van der Waals surface area (Å²) in [5.74, 6) is -1.89. The highest BCUT2D eigenvalue weighted by molar-refractivity contribution is 5.94. The average molecular weight is 425 g/mol. The normalized spacial score (nSPS) is 11.3. The third-order valence-electron chi connectivity index (χ3n) is 4.17. The molecule has 164 valence electrons. The Balaban J connectivity index is 1.90. The van der Waals surface area contributed by atoms with Crippen LogP contribution in [0.4, 0.5) is 0 Å². The smallest absolute Gasteiger partial charge is 0.308 e. The highest BCUT2D eigenvalue weighted by atomic mass is 16.5. The number of amides is 3. The molecule has 0 aliphatic rings. The highest BCUT2D eigenvalue weighted by Gasteiger charge is 2.20. The summed E-state index contributed by atoms with van der Waals surface area (Å²) < 4.78 is 5.02. The largest absolute Gasteiger partial charge is 0.456 e. The predicted molar refractivity (Wildman–Crippen MR) is 115 cm³/mol. The molecule has 0 aromatic heterocycles. The fraction of sp³-hybridized carbons (Fsp3) is 0.304. The molecule has 0 saturated heterocycles. The molecule has 0 spiro atoms. The first kappa shape index (κ1) is 23.6. The van der Waals surface area contributed by atoms with Crippen LogP contribution >= 0.6 is 0 Å². The zero-order valence-corrected chi connectivity index (χ0v) is 17.6. The van der Waals surface area contributed by atoms with Crippen LogP contribution in [0.5, 0.6) is 0 Å². The van der Waals surface area contributed by atoms with Crippen LogP contribution in [-0.4, -0.2) is 42.9 Å². The van der Waals surface area contributed by atoms with Gasteiger partial charge in [-0.15, -0.1) is 0 Å². The monoisotopic (exact) mass is 425 g/mol. The van der Waals surface area contributed by atoms with E-state index in [0.29, 0.717) is 5.56 Å². The number of hydrogen-bond acceptors (Lipinski definition) is 5. The van der Waals surface area contributed by atoms with Gasteiger partial charge in [-0.05, 0) is 31.5 Å². The second-order valence-electron chi connectivity index (χ2n) is 7.17. The molecule has 8 heteroatoms. The number of hydrogen-bond donors (Lipinski definition) is 3. The van der Waals surface area contributed by atoms with Gasteiger partial charge in [0.25, 0.3) is 11.8 Å². The topological polar surface area (TPSA) is 114 Å². The van der Waals surface area contributed by atoms with Crippen LogP contribution < -0.4 is 16.0 Å². The van der Waals surface area contributed by atoms with E-state index in [1.54, 1.807) is 68.4 Å². The molecule has 3 amide bonds. The lowest BCUT2D eigenvalue weighted by molar-refractivity contribution is -0.149. The number of nitrogens with one attached hydrogen (secondary N) is 3. The van der Waals surface area contributed by atoms with Crippen molar-refractivity contribution in [3.63, 3.8) is 0 Å². The fourth-order valence-corrected chi connectivity index (χ4v) is 2.74. The highest BCUT2D eigenvalue weighted by Crippen LogP contribution is 2.18. The summed E-state index contributed by atoms with van der Waals surface area (Å²) >= 11 is 0. The minimum atomic E-state index is -0.649. The Bertz CT molecular complexity index is 885. The summed E-state index contributed by atoms with van der Waals surface area (Å²) in [6, 6.07) is 17.0. The van der Waals surface area contributed by atoms with E-state index in [2.05, 4.69) is 16.0 Å². The number of carbonyl (C=O) groups excluding carboxylic acids is 4. The molecule has 2 aromatic rings. The molecule has 8 nitrogen and oxygen atoms in total. The van der Waals surface area contributed by atoms with E-state index in [0.717, 1.165) is 5.56 Å². The quantitative estimate of drug-likeness (QED) is 0.502. The molecule has 3 N–H and O–H groups in total. The van der Waals surface area contributed by atoms with Crippen molar-refractivity contribution in [3.05, 3.63) is 71.8 Å². The molecule has 0 aliphatic carbocycles. The van der Waals surface area contributed by atoms with E-state index >= 15 is 0 Å². The van der Waals surface area contributed by atoms with E-state index in [1.165, 1.54) is 0 Å². The van der Waals surface area contributed by atoms with Crippen molar-refractivity contribution in [3.8, 4) is 0 Å². The lowest BCUT2D eigenvalue weighted by Gasteiger charge is -2.19. The summed E-state index contributed by atoms with van der Waals surface area (Å²) in [5, 5.41) is 7.85. The summed E-state index contributed by atoms with van der Waals surface area (Å²) in [6.07, 6.45) is -0.149. The van der Waals surface area contributed by atoms with E-state index in [1.807, 2.05) is 6.07 Å².